The predicted molar refractivity (Wildman–Crippen MR) is 66.4 cm³/mol. The predicted octanol–water partition coefficient (Wildman–Crippen LogP) is 1.15. The van der Waals surface area contributed by atoms with Crippen LogP contribution in [0.25, 0.3) is 0 Å². The minimum Gasteiger partial charge on any atom is -0.388 e. The summed E-state index contributed by atoms with van der Waals surface area (Å²) in [4.78, 5) is 0. The van der Waals surface area contributed by atoms with E-state index in [9.17, 15) is 13.5 Å². The third-order valence-corrected chi connectivity index (χ3v) is 4.50. The molecule has 1 rings (SSSR count). The maximum Gasteiger partial charge on any atom is 0.150 e. The average molecular weight is 260 g/mol. The van der Waals surface area contributed by atoms with Crippen molar-refractivity contribution in [1.29, 1.82) is 0 Å². The molecule has 17 heavy (non-hydrogen) atoms. The van der Waals surface area contributed by atoms with Gasteiger partial charge in [-0.25, -0.2) is 8.42 Å². The first kappa shape index (κ1) is 14.2. The summed E-state index contributed by atoms with van der Waals surface area (Å²) >= 11 is 0. The third-order valence-electron chi connectivity index (χ3n) is 2.71. The van der Waals surface area contributed by atoms with E-state index in [0.29, 0.717) is 19.4 Å². The quantitative estimate of drug-likeness (QED) is 0.798. The van der Waals surface area contributed by atoms with E-state index >= 15 is 0 Å². The summed E-state index contributed by atoms with van der Waals surface area (Å²) in [5.74, 6) is 0.376. The van der Waals surface area contributed by atoms with Crippen LogP contribution < -0.4 is 0 Å². The van der Waals surface area contributed by atoms with Crippen LogP contribution >= 0.6 is 0 Å². The first-order valence-electron chi connectivity index (χ1n) is 5.89. The van der Waals surface area contributed by atoms with Gasteiger partial charge in [-0.3, -0.25) is 4.68 Å². The number of aliphatic hydroxyl groups is 1. The number of nitrogens with zero attached hydrogens (tertiary/aromatic N) is 2. The van der Waals surface area contributed by atoms with E-state index < -0.39 is 15.9 Å². The Hall–Kier alpha value is -0.880. The molecule has 6 heteroatoms. The van der Waals surface area contributed by atoms with Gasteiger partial charge in [-0.1, -0.05) is 13.8 Å². The fraction of sp³-hybridized carbons (Fsp3) is 0.727. The Morgan fingerprint density at radius 2 is 2.18 bits per heavy atom. The van der Waals surface area contributed by atoms with Crippen LogP contribution in [0.2, 0.25) is 0 Å². The lowest BCUT2D eigenvalue weighted by Gasteiger charge is -2.03. The van der Waals surface area contributed by atoms with Gasteiger partial charge in [-0.2, -0.15) is 5.10 Å². The molecule has 1 aromatic rings. The summed E-state index contributed by atoms with van der Waals surface area (Å²) in [6, 6.07) is 0. The molecule has 0 aliphatic carbocycles. The van der Waals surface area contributed by atoms with Crippen molar-refractivity contribution in [3.05, 3.63) is 18.0 Å². The van der Waals surface area contributed by atoms with Gasteiger partial charge >= 0.3 is 0 Å². The second-order valence-electron chi connectivity index (χ2n) is 4.05. The van der Waals surface area contributed by atoms with Gasteiger partial charge in [0.15, 0.2) is 0 Å². The maximum absolute atomic E-state index is 11.3. The van der Waals surface area contributed by atoms with Gasteiger partial charge in [0.1, 0.15) is 9.84 Å². The molecule has 0 aromatic carbocycles. The number of aliphatic hydroxyl groups excluding tert-OH is 1. The van der Waals surface area contributed by atoms with E-state index in [0.717, 1.165) is 5.56 Å². The fourth-order valence-electron chi connectivity index (χ4n) is 1.50. The van der Waals surface area contributed by atoms with Gasteiger partial charge in [-0.05, 0) is 12.8 Å². The molecule has 0 amide bonds. The number of aryl methyl sites for hydroxylation is 1. The van der Waals surface area contributed by atoms with Crippen LogP contribution in [0.4, 0.5) is 0 Å². The minimum atomic E-state index is -2.89. The smallest absolute Gasteiger partial charge is 0.150 e. The summed E-state index contributed by atoms with van der Waals surface area (Å²) < 4.78 is 24.2. The third kappa shape index (κ3) is 4.47. The Labute approximate surface area is 102 Å². The Balaban J connectivity index is 2.45. The zero-order valence-electron chi connectivity index (χ0n) is 10.3. The molecule has 1 N–H and O–H groups in total. The Morgan fingerprint density at radius 1 is 1.47 bits per heavy atom. The lowest BCUT2D eigenvalue weighted by Crippen LogP contribution is -2.11. The first-order valence-corrected chi connectivity index (χ1v) is 7.71. The van der Waals surface area contributed by atoms with Crippen molar-refractivity contribution < 1.29 is 13.5 Å². The molecule has 1 aromatic heterocycles. The Morgan fingerprint density at radius 3 is 2.76 bits per heavy atom. The molecule has 0 saturated carbocycles. The summed E-state index contributed by atoms with van der Waals surface area (Å²) in [7, 11) is -2.89. The topological polar surface area (TPSA) is 72.2 Å². The molecule has 98 valence electrons. The molecule has 1 atom stereocenters. The van der Waals surface area contributed by atoms with Crippen molar-refractivity contribution in [3.8, 4) is 0 Å². The molecule has 1 unspecified atom stereocenters. The van der Waals surface area contributed by atoms with E-state index in [1.807, 2.05) is 6.92 Å². The van der Waals surface area contributed by atoms with Crippen molar-refractivity contribution in [3.63, 3.8) is 0 Å². The molecule has 1 heterocycles. The molecule has 0 saturated heterocycles. The van der Waals surface area contributed by atoms with Crippen LogP contribution in [0.15, 0.2) is 12.4 Å². The van der Waals surface area contributed by atoms with Gasteiger partial charge in [-0.15, -0.1) is 0 Å². The molecule has 0 bridgehead atoms. The number of sulfone groups is 1. The molecule has 5 nitrogen and oxygen atoms in total. The minimum absolute atomic E-state index is 0.186. The molecule has 0 radical (unpaired) electrons. The largest absolute Gasteiger partial charge is 0.388 e. The standard InChI is InChI=1S/C11H20N2O3S/c1-3-11(14)10-8-12-13(9-10)6-5-7-17(15,16)4-2/h8-9,11,14H,3-7H2,1-2H3. The van der Waals surface area contributed by atoms with Crippen LogP contribution in [0.3, 0.4) is 0 Å². The monoisotopic (exact) mass is 260 g/mol. The SMILES string of the molecule is CCC(O)c1cnn(CCCS(=O)(=O)CC)c1. The van der Waals surface area contributed by atoms with Crippen LogP contribution in [-0.2, 0) is 16.4 Å². The lowest BCUT2D eigenvalue weighted by molar-refractivity contribution is 0.173. The first-order chi connectivity index (χ1) is 7.98. The summed E-state index contributed by atoms with van der Waals surface area (Å²) in [5, 5.41) is 13.7. The zero-order chi connectivity index (χ0) is 12.9. The van der Waals surface area contributed by atoms with Crippen molar-refractivity contribution in [1.82, 2.24) is 9.78 Å². The Kier molecular flexibility index (Phi) is 5.14. The van der Waals surface area contributed by atoms with Crippen LogP contribution in [0, 0.1) is 0 Å². The number of rotatable bonds is 7. The van der Waals surface area contributed by atoms with E-state index in [-0.39, 0.29) is 11.5 Å². The van der Waals surface area contributed by atoms with E-state index in [4.69, 9.17) is 0 Å². The average Bonchev–Trinajstić information content (AvgIpc) is 2.76. The van der Waals surface area contributed by atoms with Crippen molar-refractivity contribution in [2.45, 2.75) is 39.3 Å². The van der Waals surface area contributed by atoms with Gasteiger partial charge < -0.3 is 5.11 Å². The summed E-state index contributed by atoms with van der Waals surface area (Å²) in [5.41, 5.74) is 0.783. The van der Waals surface area contributed by atoms with Gasteiger partial charge in [0.05, 0.1) is 18.1 Å². The molecule has 0 aliphatic rings. The molecule has 0 fully saturated rings. The van der Waals surface area contributed by atoms with Crippen molar-refractivity contribution in [2.24, 2.45) is 0 Å². The van der Waals surface area contributed by atoms with Crippen molar-refractivity contribution in [2.75, 3.05) is 11.5 Å². The zero-order valence-corrected chi connectivity index (χ0v) is 11.2. The number of hydrogen-bond acceptors (Lipinski definition) is 4. The van der Waals surface area contributed by atoms with E-state index in [2.05, 4.69) is 5.10 Å². The fourth-order valence-corrected chi connectivity index (χ4v) is 2.36. The maximum atomic E-state index is 11.3. The lowest BCUT2D eigenvalue weighted by atomic mass is 10.2. The molecular formula is C11H20N2O3S. The Bertz CT molecular complexity index is 439. The van der Waals surface area contributed by atoms with Crippen LogP contribution in [0.5, 0.6) is 0 Å². The highest BCUT2D eigenvalue weighted by Gasteiger charge is 2.09. The highest BCUT2D eigenvalue weighted by molar-refractivity contribution is 7.91. The number of hydrogen-bond donors (Lipinski definition) is 1. The van der Waals surface area contributed by atoms with E-state index in [1.165, 1.54) is 0 Å². The number of aromatic nitrogens is 2. The van der Waals surface area contributed by atoms with E-state index in [1.54, 1.807) is 24.0 Å². The second kappa shape index (κ2) is 6.16. The second-order valence-corrected chi connectivity index (χ2v) is 6.52. The van der Waals surface area contributed by atoms with Crippen LogP contribution in [0.1, 0.15) is 38.4 Å². The summed E-state index contributed by atoms with van der Waals surface area (Å²) in [6.45, 7) is 4.12. The summed E-state index contributed by atoms with van der Waals surface area (Å²) in [6.07, 6.45) is 4.12. The molecule has 0 aliphatic heterocycles. The molecular weight excluding hydrogens is 240 g/mol. The van der Waals surface area contributed by atoms with Gasteiger partial charge in [0.2, 0.25) is 0 Å². The highest BCUT2D eigenvalue weighted by atomic mass is 32.2. The normalized spacial score (nSPS) is 13.8. The highest BCUT2D eigenvalue weighted by Crippen LogP contribution is 2.14. The molecule has 0 spiro atoms. The van der Waals surface area contributed by atoms with Crippen molar-refractivity contribution >= 4 is 9.84 Å². The van der Waals surface area contributed by atoms with Gasteiger partial charge in [0.25, 0.3) is 0 Å². The van der Waals surface area contributed by atoms with Crippen LogP contribution in [-0.4, -0.2) is 34.8 Å². The van der Waals surface area contributed by atoms with Gasteiger partial charge in [0, 0.05) is 24.1 Å².